The lowest BCUT2D eigenvalue weighted by Crippen LogP contribution is -2.21. The lowest BCUT2D eigenvalue weighted by Gasteiger charge is -2.23. The number of carbonyl (C=O) groups is 1. The van der Waals surface area contributed by atoms with E-state index in [1.54, 1.807) is 11.3 Å². The molecule has 0 fully saturated rings. The summed E-state index contributed by atoms with van der Waals surface area (Å²) >= 11 is 7.86. The van der Waals surface area contributed by atoms with Crippen LogP contribution in [-0.2, 0) is 11.4 Å². The van der Waals surface area contributed by atoms with Crippen molar-refractivity contribution in [1.29, 1.82) is 0 Å². The van der Waals surface area contributed by atoms with E-state index >= 15 is 0 Å². The minimum Gasteiger partial charge on any atom is -0.489 e. The van der Waals surface area contributed by atoms with E-state index in [4.69, 9.17) is 16.3 Å². The molecule has 1 aliphatic rings. The number of ether oxygens (including phenoxy) is 1. The first-order valence-electron chi connectivity index (χ1n) is 8.04. The molecule has 0 radical (unpaired) electrons. The van der Waals surface area contributed by atoms with E-state index in [0.29, 0.717) is 18.1 Å². The van der Waals surface area contributed by atoms with Gasteiger partial charge >= 0.3 is 0 Å². The molecule has 0 spiro atoms. The van der Waals surface area contributed by atoms with Gasteiger partial charge in [-0.2, -0.15) is 0 Å². The lowest BCUT2D eigenvalue weighted by atomic mass is 9.90. The van der Waals surface area contributed by atoms with Crippen LogP contribution in [0, 0.1) is 0 Å². The zero-order valence-electron chi connectivity index (χ0n) is 13.4. The number of fused-ring (bicyclic) bond motifs is 1. The largest absolute Gasteiger partial charge is 0.489 e. The first-order chi connectivity index (χ1) is 12.2. The Morgan fingerprint density at radius 2 is 2.04 bits per heavy atom. The summed E-state index contributed by atoms with van der Waals surface area (Å²) in [6.07, 6.45) is 0.460. The van der Waals surface area contributed by atoms with Crippen molar-refractivity contribution in [2.45, 2.75) is 18.9 Å². The van der Waals surface area contributed by atoms with Gasteiger partial charge in [0.25, 0.3) is 0 Å². The summed E-state index contributed by atoms with van der Waals surface area (Å²) in [5, 5.41) is 5.65. The predicted molar refractivity (Wildman–Crippen MR) is 102 cm³/mol. The second kappa shape index (κ2) is 6.90. The summed E-state index contributed by atoms with van der Waals surface area (Å²) in [6.45, 7) is 0.415. The SMILES string of the molecule is O=C1C[C@@H](c2cccc(OCc3ccccc3Cl)c2)c2sccc2N1. The maximum atomic E-state index is 12.0. The summed E-state index contributed by atoms with van der Waals surface area (Å²) < 4.78 is 5.92. The number of anilines is 1. The lowest BCUT2D eigenvalue weighted by molar-refractivity contribution is -0.116. The normalized spacial score (nSPS) is 16.2. The zero-order chi connectivity index (χ0) is 17.2. The predicted octanol–water partition coefficient (Wildman–Crippen LogP) is 5.45. The highest BCUT2D eigenvalue weighted by Crippen LogP contribution is 2.41. The van der Waals surface area contributed by atoms with Crippen molar-refractivity contribution >= 4 is 34.5 Å². The molecule has 4 rings (SSSR count). The highest BCUT2D eigenvalue weighted by Gasteiger charge is 2.27. The molecule has 0 aliphatic carbocycles. The molecule has 0 saturated heterocycles. The molecule has 0 saturated carbocycles. The molecule has 2 heterocycles. The van der Waals surface area contributed by atoms with Gasteiger partial charge in [0.05, 0.1) is 5.69 Å². The first kappa shape index (κ1) is 16.2. The van der Waals surface area contributed by atoms with Crippen LogP contribution in [0.3, 0.4) is 0 Å². The molecule has 25 heavy (non-hydrogen) atoms. The van der Waals surface area contributed by atoms with Crippen molar-refractivity contribution in [3.05, 3.63) is 81.0 Å². The van der Waals surface area contributed by atoms with Crippen LogP contribution >= 0.6 is 22.9 Å². The van der Waals surface area contributed by atoms with E-state index in [0.717, 1.165) is 22.6 Å². The van der Waals surface area contributed by atoms with E-state index in [-0.39, 0.29) is 11.8 Å². The summed E-state index contributed by atoms with van der Waals surface area (Å²) in [5.74, 6) is 0.910. The minimum absolute atomic E-state index is 0.0540. The average molecular weight is 370 g/mol. The molecular weight excluding hydrogens is 354 g/mol. The van der Waals surface area contributed by atoms with E-state index in [2.05, 4.69) is 11.4 Å². The second-order valence-corrected chi connectivity index (χ2v) is 7.31. The van der Waals surface area contributed by atoms with Crippen LogP contribution in [-0.4, -0.2) is 5.91 Å². The number of halogens is 1. The van der Waals surface area contributed by atoms with E-state index in [1.165, 1.54) is 4.88 Å². The van der Waals surface area contributed by atoms with E-state index < -0.39 is 0 Å². The van der Waals surface area contributed by atoms with Gasteiger partial charge in [0, 0.05) is 27.8 Å². The third-order valence-corrected chi connectivity index (χ3v) is 5.69. The zero-order valence-corrected chi connectivity index (χ0v) is 14.9. The average Bonchev–Trinajstić information content (AvgIpc) is 3.09. The Labute approximate surface area is 155 Å². The third-order valence-electron chi connectivity index (χ3n) is 4.29. The van der Waals surface area contributed by atoms with Crippen molar-refractivity contribution < 1.29 is 9.53 Å². The monoisotopic (exact) mass is 369 g/mol. The Hall–Kier alpha value is -2.30. The fraction of sp³-hybridized carbons (Fsp3) is 0.150. The van der Waals surface area contributed by atoms with Gasteiger partial charge in [0.2, 0.25) is 5.91 Å². The van der Waals surface area contributed by atoms with Crippen molar-refractivity contribution in [3.63, 3.8) is 0 Å². The smallest absolute Gasteiger partial charge is 0.225 e. The number of carbonyl (C=O) groups excluding carboxylic acids is 1. The standard InChI is InChI=1S/C20H16ClNO2S/c21-17-7-2-1-4-14(17)12-24-15-6-3-5-13(10-15)16-11-19(23)22-18-8-9-25-20(16)18/h1-10,16H,11-12H2,(H,22,23)/t16-/m0/s1. The molecule has 5 heteroatoms. The Kier molecular flexibility index (Phi) is 4.47. The number of thiophene rings is 1. The van der Waals surface area contributed by atoms with Crippen LogP contribution in [0.2, 0.25) is 5.02 Å². The number of benzene rings is 2. The maximum absolute atomic E-state index is 12.0. The molecule has 3 aromatic rings. The third kappa shape index (κ3) is 3.41. The summed E-state index contributed by atoms with van der Waals surface area (Å²) in [7, 11) is 0. The van der Waals surface area contributed by atoms with Gasteiger partial charge in [-0.1, -0.05) is 41.9 Å². The van der Waals surface area contributed by atoms with Crippen LogP contribution in [0.25, 0.3) is 0 Å². The quantitative estimate of drug-likeness (QED) is 0.663. The van der Waals surface area contributed by atoms with Gasteiger partial charge in [-0.05, 0) is 35.2 Å². The van der Waals surface area contributed by atoms with Crippen molar-refractivity contribution in [1.82, 2.24) is 0 Å². The number of nitrogens with one attached hydrogen (secondary N) is 1. The molecule has 0 unspecified atom stereocenters. The van der Waals surface area contributed by atoms with Crippen LogP contribution in [0.15, 0.2) is 60.0 Å². The molecule has 2 aromatic carbocycles. The molecule has 3 nitrogen and oxygen atoms in total. The van der Waals surface area contributed by atoms with Crippen molar-refractivity contribution in [2.24, 2.45) is 0 Å². The maximum Gasteiger partial charge on any atom is 0.225 e. The van der Waals surface area contributed by atoms with Gasteiger partial charge < -0.3 is 10.1 Å². The summed E-state index contributed by atoms with van der Waals surface area (Å²) in [6, 6.07) is 17.6. The first-order valence-corrected chi connectivity index (χ1v) is 9.30. The fourth-order valence-corrected chi connectivity index (χ4v) is 4.21. The Bertz CT molecular complexity index is 921. The van der Waals surface area contributed by atoms with Crippen LogP contribution in [0.1, 0.15) is 28.3 Å². The van der Waals surface area contributed by atoms with Gasteiger partial charge in [-0.15, -0.1) is 11.3 Å². The van der Waals surface area contributed by atoms with E-state index in [9.17, 15) is 4.79 Å². The number of hydrogen-bond donors (Lipinski definition) is 1. The van der Waals surface area contributed by atoms with Gasteiger partial charge in [-0.25, -0.2) is 0 Å². The highest BCUT2D eigenvalue weighted by atomic mass is 35.5. The van der Waals surface area contributed by atoms with Crippen LogP contribution in [0.4, 0.5) is 5.69 Å². The molecule has 1 aliphatic heterocycles. The summed E-state index contributed by atoms with van der Waals surface area (Å²) in [5.41, 5.74) is 2.97. The number of hydrogen-bond acceptors (Lipinski definition) is 3. The molecular formula is C20H16ClNO2S. The molecule has 0 bridgehead atoms. The molecule has 126 valence electrons. The van der Waals surface area contributed by atoms with E-state index in [1.807, 2.05) is 53.9 Å². The highest BCUT2D eigenvalue weighted by molar-refractivity contribution is 7.10. The topological polar surface area (TPSA) is 38.3 Å². The molecule has 1 N–H and O–H groups in total. The van der Waals surface area contributed by atoms with Crippen molar-refractivity contribution in [2.75, 3.05) is 5.32 Å². The molecule has 1 amide bonds. The Morgan fingerprint density at radius 3 is 2.92 bits per heavy atom. The van der Waals surface area contributed by atoms with Gasteiger partial charge in [-0.3, -0.25) is 4.79 Å². The molecule has 1 aromatic heterocycles. The Balaban J connectivity index is 1.56. The van der Waals surface area contributed by atoms with Crippen LogP contribution < -0.4 is 10.1 Å². The van der Waals surface area contributed by atoms with Crippen LogP contribution in [0.5, 0.6) is 5.75 Å². The fourth-order valence-electron chi connectivity index (χ4n) is 3.04. The minimum atomic E-state index is 0.0540. The van der Waals surface area contributed by atoms with Crippen molar-refractivity contribution in [3.8, 4) is 5.75 Å². The summed E-state index contributed by atoms with van der Waals surface area (Å²) in [4.78, 5) is 13.2. The number of amides is 1. The van der Waals surface area contributed by atoms with Gasteiger partial charge in [0.1, 0.15) is 12.4 Å². The Morgan fingerprint density at radius 1 is 1.16 bits per heavy atom. The molecule has 1 atom stereocenters. The van der Waals surface area contributed by atoms with Gasteiger partial charge in [0.15, 0.2) is 0 Å². The second-order valence-electron chi connectivity index (χ2n) is 5.96. The number of rotatable bonds is 4.